The average Bonchev–Trinajstić information content (AvgIpc) is 3.42. The number of benzene rings is 2. The number of ketones is 1. The minimum Gasteiger partial charge on any atom is -0.493 e. The van der Waals surface area contributed by atoms with Crippen LogP contribution in [0.15, 0.2) is 42.6 Å². The summed E-state index contributed by atoms with van der Waals surface area (Å²) in [4.78, 5) is 17.7. The SMILES string of the molecule is COc1cc(C2CC(=O)c3cnn(-c4nc5ccccc5s4)c3C2)cc(OC)c1OC. The second kappa shape index (κ2) is 7.70. The summed E-state index contributed by atoms with van der Waals surface area (Å²) in [5, 5.41) is 5.28. The summed E-state index contributed by atoms with van der Waals surface area (Å²) in [6.07, 6.45) is 2.72. The van der Waals surface area contributed by atoms with E-state index in [1.807, 2.05) is 41.1 Å². The number of aromatic nitrogens is 3. The van der Waals surface area contributed by atoms with Crippen molar-refractivity contribution in [2.75, 3.05) is 21.3 Å². The Morgan fingerprint density at radius 1 is 1.03 bits per heavy atom. The van der Waals surface area contributed by atoms with E-state index in [0.717, 1.165) is 26.6 Å². The Bertz CT molecular complexity index is 1240. The predicted molar refractivity (Wildman–Crippen MR) is 118 cm³/mol. The minimum absolute atomic E-state index is 0.0291. The van der Waals surface area contributed by atoms with E-state index in [9.17, 15) is 4.79 Å². The van der Waals surface area contributed by atoms with Crippen LogP contribution in [0.1, 0.15) is 34.0 Å². The van der Waals surface area contributed by atoms with E-state index in [1.165, 1.54) is 0 Å². The Kier molecular flexibility index (Phi) is 4.86. The zero-order valence-electron chi connectivity index (χ0n) is 17.4. The Hall–Kier alpha value is -3.39. The molecule has 2 aromatic carbocycles. The van der Waals surface area contributed by atoms with Gasteiger partial charge in [0.2, 0.25) is 10.9 Å². The Morgan fingerprint density at radius 3 is 2.45 bits per heavy atom. The lowest BCUT2D eigenvalue weighted by Crippen LogP contribution is -2.20. The van der Waals surface area contributed by atoms with E-state index in [4.69, 9.17) is 19.2 Å². The third kappa shape index (κ3) is 3.23. The van der Waals surface area contributed by atoms with Gasteiger partial charge in [-0.2, -0.15) is 5.10 Å². The molecule has 0 saturated heterocycles. The van der Waals surface area contributed by atoms with Gasteiger partial charge in [-0.25, -0.2) is 9.67 Å². The molecule has 158 valence electrons. The van der Waals surface area contributed by atoms with E-state index in [1.54, 1.807) is 38.9 Å². The van der Waals surface area contributed by atoms with Gasteiger partial charge in [-0.1, -0.05) is 23.5 Å². The predicted octanol–water partition coefficient (Wildman–Crippen LogP) is 4.42. The van der Waals surface area contributed by atoms with Gasteiger partial charge in [-0.15, -0.1) is 0 Å². The molecule has 2 aromatic heterocycles. The number of rotatable bonds is 5. The third-order valence-corrected chi connectivity index (χ3v) is 6.68. The van der Waals surface area contributed by atoms with Gasteiger partial charge in [-0.05, 0) is 42.2 Å². The Morgan fingerprint density at radius 2 is 1.77 bits per heavy atom. The van der Waals surface area contributed by atoms with Crippen LogP contribution in [0.4, 0.5) is 0 Å². The summed E-state index contributed by atoms with van der Waals surface area (Å²) in [5.41, 5.74) is 3.44. The molecular formula is C23H21N3O4S. The molecule has 1 atom stereocenters. The fourth-order valence-electron chi connectivity index (χ4n) is 4.13. The first-order valence-electron chi connectivity index (χ1n) is 9.89. The highest BCUT2D eigenvalue weighted by atomic mass is 32.1. The maximum absolute atomic E-state index is 13.0. The molecule has 1 unspecified atom stereocenters. The van der Waals surface area contributed by atoms with Gasteiger partial charge < -0.3 is 14.2 Å². The van der Waals surface area contributed by atoms with E-state index < -0.39 is 0 Å². The van der Waals surface area contributed by atoms with Gasteiger partial charge in [-0.3, -0.25) is 4.79 Å². The maximum atomic E-state index is 13.0. The van der Waals surface area contributed by atoms with Crippen LogP contribution in [0.25, 0.3) is 15.3 Å². The standard InChI is InChI=1S/C23H21N3O4S/c1-28-19-10-14(11-20(29-2)22(19)30-3)13-8-17-15(18(27)9-13)12-24-26(17)23-25-16-6-4-5-7-21(16)31-23/h4-7,10-13H,8-9H2,1-3H3. The smallest absolute Gasteiger partial charge is 0.211 e. The molecule has 0 N–H and O–H groups in total. The lowest BCUT2D eigenvalue weighted by atomic mass is 9.82. The van der Waals surface area contributed by atoms with Gasteiger partial charge in [0, 0.05) is 6.42 Å². The molecule has 0 aliphatic heterocycles. The minimum atomic E-state index is -0.0291. The lowest BCUT2D eigenvalue weighted by molar-refractivity contribution is 0.0963. The summed E-state index contributed by atoms with van der Waals surface area (Å²) < 4.78 is 19.3. The number of carbonyl (C=O) groups is 1. The van der Waals surface area contributed by atoms with Gasteiger partial charge in [0.25, 0.3) is 0 Å². The highest BCUT2D eigenvalue weighted by Gasteiger charge is 2.32. The molecule has 0 radical (unpaired) electrons. The number of hydrogen-bond donors (Lipinski definition) is 0. The van der Waals surface area contributed by atoms with Gasteiger partial charge in [0.15, 0.2) is 17.3 Å². The van der Waals surface area contributed by atoms with Gasteiger partial charge in [0.05, 0.1) is 49.0 Å². The second-order valence-corrected chi connectivity index (χ2v) is 8.38. The molecule has 4 aromatic rings. The molecule has 5 rings (SSSR count). The quantitative estimate of drug-likeness (QED) is 0.462. The number of methoxy groups -OCH3 is 3. The number of fused-ring (bicyclic) bond motifs is 2. The summed E-state index contributed by atoms with van der Waals surface area (Å²) >= 11 is 1.56. The highest BCUT2D eigenvalue weighted by molar-refractivity contribution is 7.20. The average molecular weight is 436 g/mol. The number of nitrogens with zero attached hydrogens (tertiary/aromatic N) is 3. The van der Waals surface area contributed by atoms with Gasteiger partial charge >= 0.3 is 0 Å². The van der Waals surface area contributed by atoms with Crippen molar-refractivity contribution < 1.29 is 19.0 Å². The molecule has 1 aliphatic carbocycles. The zero-order valence-corrected chi connectivity index (χ0v) is 18.2. The van der Waals surface area contributed by atoms with E-state index in [-0.39, 0.29) is 11.7 Å². The van der Waals surface area contributed by atoms with E-state index >= 15 is 0 Å². The van der Waals surface area contributed by atoms with Crippen LogP contribution in [0, 0.1) is 0 Å². The van der Waals surface area contributed by atoms with Crippen LogP contribution in [0.5, 0.6) is 17.2 Å². The van der Waals surface area contributed by atoms with Crippen molar-refractivity contribution in [1.82, 2.24) is 14.8 Å². The first-order valence-corrected chi connectivity index (χ1v) is 10.7. The molecule has 0 spiro atoms. The molecule has 0 fully saturated rings. The lowest BCUT2D eigenvalue weighted by Gasteiger charge is -2.24. The Labute approximate surface area is 183 Å². The Balaban J connectivity index is 1.56. The van der Waals surface area contributed by atoms with Crippen molar-refractivity contribution in [1.29, 1.82) is 0 Å². The molecule has 31 heavy (non-hydrogen) atoms. The first-order chi connectivity index (χ1) is 15.1. The molecule has 2 heterocycles. The van der Waals surface area contributed by atoms with Crippen molar-refractivity contribution in [3.8, 4) is 22.4 Å². The van der Waals surface area contributed by atoms with Crippen LogP contribution in [-0.4, -0.2) is 41.9 Å². The van der Waals surface area contributed by atoms with Crippen LogP contribution in [0.2, 0.25) is 0 Å². The molecule has 1 aliphatic rings. The summed E-state index contributed by atoms with van der Waals surface area (Å²) in [7, 11) is 4.76. The third-order valence-electron chi connectivity index (χ3n) is 5.66. The molecule has 7 nitrogen and oxygen atoms in total. The topological polar surface area (TPSA) is 75.5 Å². The number of carbonyl (C=O) groups excluding carboxylic acids is 1. The molecule has 0 bridgehead atoms. The maximum Gasteiger partial charge on any atom is 0.211 e. The van der Waals surface area contributed by atoms with Crippen LogP contribution in [0.3, 0.4) is 0 Å². The summed E-state index contributed by atoms with van der Waals surface area (Å²) in [6.45, 7) is 0. The number of hydrogen-bond acceptors (Lipinski definition) is 7. The normalized spacial score (nSPS) is 15.7. The monoisotopic (exact) mass is 435 g/mol. The van der Waals surface area contributed by atoms with Crippen molar-refractivity contribution in [2.45, 2.75) is 18.8 Å². The number of Topliss-reactive ketones (excluding diaryl/α,β-unsaturated/α-hetero) is 1. The van der Waals surface area contributed by atoms with E-state index in [2.05, 4.69) is 5.10 Å². The number of ether oxygens (including phenoxy) is 3. The first kappa shape index (κ1) is 19.6. The molecular weight excluding hydrogens is 414 g/mol. The second-order valence-electron chi connectivity index (χ2n) is 7.37. The molecule has 8 heteroatoms. The van der Waals surface area contributed by atoms with Crippen LogP contribution >= 0.6 is 11.3 Å². The van der Waals surface area contributed by atoms with Gasteiger partial charge in [0.1, 0.15) is 0 Å². The highest BCUT2D eigenvalue weighted by Crippen LogP contribution is 2.43. The molecule has 0 amide bonds. The van der Waals surface area contributed by atoms with Crippen LogP contribution < -0.4 is 14.2 Å². The summed E-state index contributed by atoms with van der Waals surface area (Å²) in [6, 6.07) is 11.8. The molecule has 0 saturated carbocycles. The van der Waals surface area contributed by atoms with Crippen molar-refractivity contribution in [3.63, 3.8) is 0 Å². The largest absolute Gasteiger partial charge is 0.493 e. The number of para-hydroxylation sites is 1. The van der Waals surface area contributed by atoms with E-state index in [0.29, 0.717) is 35.7 Å². The summed E-state index contributed by atoms with van der Waals surface area (Å²) in [5.74, 6) is 1.74. The fraction of sp³-hybridized carbons (Fsp3) is 0.261. The number of thiazole rings is 1. The van der Waals surface area contributed by atoms with Crippen LogP contribution in [-0.2, 0) is 6.42 Å². The fourth-order valence-corrected chi connectivity index (χ4v) is 5.08. The van der Waals surface area contributed by atoms with Crippen molar-refractivity contribution in [3.05, 3.63) is 59.4 Å². The van der Waals surface area contributed by atoms with Crippen molar-refractivity contribution >= 4 is 27.3 Å². The zero-order chi connectivity index (χ0) is 21.5. The van der Waals surface area contributed by atoms with Crippen molar-refractivity contribution in [2.24, 2.45) is 0 Å².